The lowest BCUT2D eigenvalue weighted by Crippen LogP contribution is -1.69. The van der Waals surface area contributed by atoms with E-state index in [0.717, 1.165) is 0 Å². The Balaban J connectivity index is 3.44. The molecule has 0 aliphatic carbocycles. The highest BCUT2D eigenvalue weighted by Crippen LogP contribution is 2.23. The maximum Gasteiger partial charge on any atom is -0.00607 e. The molecule has 8 heavy (non-hydrogen) atoms. The van der Waals surface area contributed by atoms with Crippen LogP contribution in [0.4, 0.5) is 0 Å². The van der Waals surface area contributed by atoms with Crippen LogP contribution in [0.15, 0.2) is 23.6 Å². The van der Waals surface area contributed by atoms with E-state index in [-0.39, 0.29) is 0 Å². The monoisotopic (exact) mass is 147 g/mol. The molecule has 0 radical (unpaired) electrons. The van der Waals surface area contributed by atoms with E-state index in [0.29, 0.717) is 0 Å². The highest BCUT2D eigenvalue weighted by Gasteiger charge is 1.82. The van der Waals surface area contributed by atoms with Crippen molar-refractivity contribution in [2.75, 3.05) is 0 Å². The van der Waals surface area contributed by atoms with Gasteiger partial charge in [-0.1, -0.05) is 18.7 Å². The van der Waals surface area contributed by atoms with E-state index in [2.05, 4.69) is 6.58 Å². The van der Waals surface area contributed by atoms with Crippen molar-refractivity contribution in [1.82, 2.24) is 0 Å². The smallest absolute Gasteiger partial charge is 0.00607 e. The molecule has 0 amide bonds. The maximum atomic E-state index is 5.16. The summed E-state index contributed by atoms with van der Waals surface area (Å²) in [6.45, 7) is 5.54. The zero-order valence-electron chi connectivity index (χ0n) is 4.76. The minimum atomic E-state index is 1.17. The lowest BCUT2D eigenvalue weighted by molar-refractivity contribution is 1.69. The van der Waals surface area contributed by atoms with Gasteiger partial charge in [-0.3, -0.25) is 5.14 Å². The van der Waals surface area contributed by atoms with Crippen LogP contribution < -0.4 is 5.14 Å². The van der Waals surface area contributed by atoms with Gasteiger partial charge >= 0.3 is 0 Å². The van der Waals surface area contributed by atoms with Crippen LogP contribution in [0.2, 0.25) is 0 Å². The Morgan fingerprint density at radius 3 is 2.75 bits per heavy atom. The number of nitrogens with two attached hydrogens (primary N) is 1. The zero-order chi connectivity index (χ0) is 6.41. The first-order valence-electron chi connectivity index (χ1n) is 2.14. The van der Waals surface area contributed by atoms with Gasteiger partial charge in [-0.05, 0) is 33.6 Å². The van der Waals surface area contributed by atoms with E-state index < -0.39 is 0 Å². The molecule has 0 aliphatic rings. The molecule has 0 aliphatic heterocycles. The highest BCUT2D eigenvalue weighted by atomic mass is 33.1. The van der Waals surface area contributed by atoms with Gasteiger partial charge in [0.25, 0.3) is 0 Å². The maximum absolute atomic E-state index is 5.16. The van der Waals surface area contributed by atoms with Gasteiger partial charge in [0.1, 0.15) is 0 Å². The summed E-state index contributed by atoms with van der Waals surface area (Å²) in [4.78, 5) is 1.17. The quantitative estimate of drug-likeness (QED) is 0.377. The molecule has 0 saturated carbocycles. The van der Waals surface area contributed by atoms with Gasteiger partial charge in [0, 0.05) is 0 Å². The SMILES string of the molecule is C=C/C=C(/C)SSN. The van der Waals surface area contributed by atoms with Crippen molar-refractivity contribution in [3.8, 4) is 0 Å². The molecule has 0 atom stereocenters. The first-order chi connectivity index (χ1) is 3.81. The van der Waals surface area contributed by atoms with Gasteiger partial charge in [0.05, 0.1) is 0 Å². The van der Waals surface area contributed by atoms with Crippen LogP contribution >= 0.6 is 21.8 Å². The predicted molar refractivity (Wildman–Crippen MR) is 43.3 cm³/mol. The van der Waals surface area contributed by atoms with Gasteiger partial charge in [-0.25, -0.2) is 0 Å². The van der Waals surface area contributed by atoms with Crippen LogP contribution in [-0.4, -0.2) is 0 Å². The van der Waals surface area contributed by atoms with Crippen LogP contribution in [0, 0.1) is 0 Å². The summed E-state index contributed by atoms with van der Waals surface area (Å²) in [6.07, 6.45) is 3.67. The predicted octanol–water partition coefficient (Wildman–Crippen LogP) is 2.33. The summed E-state index contributed by atoms with van der Waals surface area (Å²) in [5.74, 6) is 0. The van der Waals surface area contributed by atoms with E-state index in [9.17, 15) is 0 Å². The average molecular weight is 147 g/mol. The van der Waals surface area contributed by atoms with E-state index >= 15 is 0 Å². The Labute approximate surface area is 57.9 Å². The number of hydrogen-bond acceptors (Lipinski definition) is 3. The van der Waals surface area contributed by atoms with Crippen molar-refractivity contribution in [3.63, 3.8) is 0 Å². The Bertz CT molecular complexity index is 98.6. The van der Waals surface area contributed by atoms with Crippen LogP contribution in [0.5, 0.6) is 0 Å². The zero-order valence-corrected chi connectivity index (χ0v) is 6.39. The largest absolute Gasteiger partial charge is 0.268 e. The molecule has 1 nitrogen and oxygen atoms in total. The Morgan fingerprint density at radius 2 is 2.38 bits per heavy atom. The summed E-state index contributed by atoms with van der Waals surface area (Å²) in [5, 5.41) is 5.16. The van der Waals surface area contributed by atoms with Crippen molar-refractivity contribution in [2.45, 2.75) is 6.92 Å². The van der Waals surface area contributed by atoms with E-state index in [1.165, 1.54) is 15.9 Å². The summed E-state index contributed by atoms with van der Waals surface area (Å²) in [6, 6.07) is 0. The molecular formula is C5H9NS2. The standard InChI is InChI=1S/C5H9NS2/c1-3-4-5(2)7-8-6/h3-4H,1,6H2,2H3/b5-4-. The fourth-order valence-electron chi connectivity index (χ4n) is 0.270. The van der Waals surface area contributed by atoms with Crippen molar-refractivity contribution in [2.24, 2.45) is 5.14 Å². The van der Waals surface area contributed by atoms with Gasteiger partial charge < -0.3 is 0 Å². The fourth-order valence-corrected chi connectivity index (χ4v) is 1.20. The minimum Gasteiger partial charge on any atom is -0.268 e. The minimum absolute atomic E-state index is 1.17. The highest BCUT2D eigenvalue weighted by molar-refractivity contribution is 8.77. The second-order valence-corrected chi connectivity index (χ2v) is 3.27. The number of hydrogen-bond donors (Lipinski definition) is 1. The Kier molecular flexibility index (Phi) is 5.37. The summed E-state index contributed by atoms with van der Waals surface area (Å²) < 4.78 is 0. The molecule has 0 saturated heterocycles. The lowest BCUT2D eigenvalue weighted by Gasteiger charge is -1.90. The van der Waals surface area contributed by atoms with Gasteiger partial charge in [-0.15, -0.1) is 0 Å². The van der Waals surface area contributed by atoms with Gasteiger partial charge in [0.2, 0.25) is 0 Å². The fraction of sp³-hybridized carbons (Fsp3) is 0.200. The van der Waals surface area contributed by atoms with Crippen LogP contribution in [0.3, 0.4) is 0 Å². The second-order valence-electron chi connectivity index (χ2n) is 1.19. The average Bonchev–Trinajstić information content (AvgIpc) is 1.68. The van der Waals surface area contributed by atoms with E-state index in [4.69, 9.17) is 5.14 Å². The summed E-state index contributed by atoms with van der Waals surface area (Å²) in [7, 11) is 2.79. The Hall–Kier alpha value is 0.140. The third-order valence-electron chi connectivity index (χ3n) is 0.532. The van der Waals surface area contributed by atoms with Crippen molar-refractivity contribution in [1.29, 1.82) is 0 Å². The third-order valence-corrected chi connectivity index (χ3v) is 2.10. The third kappa shape index (κ3) is 4.30. The van der Waals surface area contributed by atoms with Gasteiger partial charge in [0.15, 0.2) is 0 Å². The second kappa shape index (κ2) is 5.28. The first-order valence-corrected chi connectivity index (χ1v) is 4.35. The lowest BCUT2D eigenvalue weighted by atomic mass is 10.5. The summed E-state index contributed by atoms with van der Waals surface area (Å²) in [5.41, 5.74) is 0. The number of rotatable bonds is 3. The van der Waals surface area contributed by atoms with E-state index in [1.54, 1.807) is 16.9 Å². The molecule has 46 valence electrons. The molecule has 0 aromatic heterocycles. The number of allylic oxidation sites excluding steroid dienone is 3. The molecule has 0 aromatic carbocycles. The molecule has 0 aromatic rings. The first kappa shape index (κ1) is 8.14. The molecule has 0 bridgehead atoms. The molecular weight excluding hydrogens is 138 g/mol. The summed E-state index contributed by atoms with van der Waals surface area (Å²) >= 11 is 0. The van der Waals surface area contributed by atoms with Crippen molar-refractivity contribution < 1.29 is 0 Å². The molecule has 0 fully saturated rings. The van der Waals surface area contributed by atoms with Crippen LogP contribution in [0.1, 0.15) is 6.92 Å². The Morgan fingerprint density at radius 1 is 1.75 bits per heavy atom. The topological polar surface area (TPSA) is 26.0 Å². The normalized spacial score (nSPS) is 11.5. The molecule has 0 rings (SSSR count). The molecule has 0 unspecified atom stereocenters. The molecule has 0 spiro atoms. The van der Waals surface area contributed by atoms with Crippen molar-refractivity contribution in [3.05, 3.63) is 23.6 Å². The van der Waals surface area contributed by atoms with Gasteiger partial charge in [-0.2, -0.15) is 0 Å². The van der Waals surface area contributed by atoms with E-state index in [1.807, 2.05) is 13.0 Å². The van der Waals surface area contributed by atoms with Crippen LogP contribution in [-0.2, 0) is 0 Å². The van der Waals surface area contributed by atoms with Crippen molar-refractivity contribution >= 4 is 21.8 Å². The molecule has 2 N–H and O–H groups in total. The molecule has 0 heterocycles. The van der Waals surface area contributed by atoms with Crippen LogP contribution in [0.25, 0.3) is 0 Å². The molecule has 3 heteroatoms.